The van der Waals surface area contributed by atoms with Crippen molar-refractivity contribution in [3.8, 4) is 11.5 Å². The van der Waals surface area contributed by atoms with Crippen molar-refractivity contribution >= 4 is 44.8 Å². The van der Waals surface area contributed by atoms with Crippen LogP contribution in [0.3, 0.4) is 0 Å². The average Bonchev–Trinajstić information content (AvgIpc) is 2.70. The van der Waals surface area contributed by atoms with Gasteiger partial charge >= 0.3 is 0 Å². The zero-order valence-corrected chi connectivity index (χ0v) is 19.7. The zero-order valence-electron chi connectivity index (χ0n) is 16.6. The minimum atomic E-state index is -0.383. The van der Waals surface area contributed by atoms with Gasteiger partial charge < -0.3 is 14.8 Å². The number of halogens is 4. The van der Waals surface area contributed by atoms with Crippen LogP contribution in [0.25, 0.3) is 0 Å². The molecular formula is C23H21BrCl2FNO2. The van der Waals surface area contributed by atoms with E-state index in [4.69, 9.17) is 32.7 Å². The van der Waals surface area contributed by atoms with Gasteiger partial charge in [0.1, 0.15) is 12.4 Å². The van der Waals surface area contributed by atoms with Crippen molar-refractivity contribution in [1.82, 2.24) is 0 Å². The molecule has 0 aliphatic rings. The smallest absolute Gasteiger partial charge is 0.175 e. The fourth-order valence-electron chi connectivity index (χ4n) is 2.82. The molecule has 0 spiro atoms. The summed E-state index contributed by atoms with van der Waals surface area (Å²) in [4.78, 5) is 0. The van der Waals surface area contributed by atoms with Crippen LogP contribution in [0.1, 0.15) is 23.6 Å². The Morgan fingerprint density at radius 3 is 2.50 bits per heavy atom. The molecular weight excluding hydrogens is 492 g/mol. The molecule has 0 fully saturated rings. The Morgan fingerprint density at radius 2 is 1.80 bits per heavy atom. The van der Waals surface area contributed by atoms with E-state index in [0.29, 0.717) is 35.2 Å². The molecule has 0 heterocycles. The van der Waals surface area contributed by atoms with Crippen molar-refractivity contribution < 1.29 is 13.9 Å². The van der Waals surface area contributed by atoms with E-state index in [9.17, 15) is 4.39 Å². The van der Waals surface area contributed by atoms with Gasteiger partial charge in [-0.15, -0.1) is 0 Å². The van der Waals surface area contributed by atoms with Gasteiger partial charge in [-0.2, -0.15) is 0 Å². The number of hydrogen-bond acceptors (Lipinski definition) is 3. The largest absolute Gasteiger partial charge is 0.490 e. The van der Waals surface area contributed by atoms with Crippen molar-refractivity contribution in [3.63, 3.8) is 0 Å². The molecule has 0 aliphatic heterocycles. The third-order valence-electron chi connectivity index (χ3n) is 4.42. The van der Waals surface area contributed by atoms with Crippen LogP contribution in [0.5, 0.6) is 11.5 Å². The fourth-order valence-corrected chi connectivity index (χ4v) is 3.83. The quantitative estimate of drug-likeness (QED) is 0.334. The number of anilines is 1. The summed E-state index contributed by atoms with van der Waals surface area (Å²) in [6.07, 6.45) is 0. The third kappa shape index (κ3) is 5.81. The predicted molar refractivity (Wildman–Crippen MR) is 125 cm³/mol. The standard InChI is InChI=1S/C23H21BrCl2FNO2/c1-3-29-22-9-15(12-28-18-7-4-14(2)20(25)11-18)8-19(24)23(22)30-13-16-5-6-17(27)10-21(16)26/h4-11,28H,3,12-13H2,1-2H3. The molecule has 158 valence electrons. The minimum absolute atomic E-state index is 0.192. The molecule has 0 radical (unpaired) electrons. The van der Waals surface area contributed by atoms with Crippen LogP contribution in [-0.4, -0.2) is 6.61 Å². The first-order chi connectivity index (χ1) is 14.4. The molecule has 1 N–H and O–H groups in total. The Kier molecular flexibility index (Phi) is 7.87. The van der Waals surface area contributed by atoms with E-state index >= 15 is 0 Å². The van der Waals surface area contributed by atoms with Gasteiger partial charge in [0.25, 0.3) is 0 Å². The van der Waals surface area contributed by atoms with Gasteiger partial charge in [0.15, 0.2) is 11.5 Å². The first kappa shape index (κ1) is 22.7. The van der Waals surface area contributed by atoms with Gasteiger partial charge in [-0.25, -0.2) is 4.39 Å². The molecule has 3 rings (SSSR count). The Bertz CT molecular complexity index is 1050. The molecule has 0 aliphatic carbocycles. The van der Waals surface area contributed by atoms with E-state index < -0.39 is 0 Å². The third-order valence-corrected chi connectivity index (χ3v) is 5.77. The second-order valence-electron chi connectivity index (χ2n) is 6.68. The van der Waals surface area contributed by atoms with Crippen molar-refractivity contribution in [2.45, 2.75) is 27.0 Å². The lowest BCUT2D eigenvalue weighted by atomic mass is 10.1. The normalized spacial score (nSPS) is 10.7. The Hall–Kier alpha value is -1.95. The summed E-state index contributed by atoms with van der Waals surface area (Å²) in [6.45, 7) is 5.15. The lowest BCUT2D eigenvalue weighted by molar-refractivity contribution is 0.267. The maximum absolute atomic E-state index is 13.3. The number of rotatable bonds is 8. The van der Waals surface area contributed by atoms with Crippen LogP contribution in [0.2, 0.25) is 10.0 Å². The van der Waals surface area contributed by atoms with Gasteiger partial charge in [0.2, 0.25) is 0 Å². The lowest BCUT2D eigenvalue weighted by Crippen LogP contribution is -2.04. The highest BCUT2D eigenvalue weighted by atomic mass is 79.9. The molecule has 0 bridgehead atoms. The molecule has 3 nitrogen and oxygen atoms in total. The second kappa shape index (κ2) is 10.4. The zero-order chi connectivity index (χ0) is 21.7. The van der Waals surface area contributed by atoms with Crippen molar-refractivity contribution in [2.75, 3.05) is 11.9 Å². The maximum atomic E-state index is 13.3. The van der Waals surface area contributed by atoms with E-state index in [-0.39, 0.29) is 12.4 Å². The van der Waals surface area contributed by atoms with Crippen LogP contribution in [0.15, 0.2) is 53.0 Å². The molecule has 3 aromatic carbocycles. The number of hydrogen-bond donors (Lipinski definition) is 1. The molecule has 0 amide bonds. The number of nitrogens with one attached hydrogen (secondary N) is 1. The molecule has 0 saturated heterocycles. The summed E-state index contributed by atoms with van der Waals surface area (Å²) >= 11 is 15.9. The van der Waals surface area contributed by atoms with Crippen LogP contribution in [0, 0.1) is 12.7 Å². The number of ether oxygens (including phenoxy) is 2. The summed E-state index contributed by atoms with van der Waals surface area (Å²) < 4.78 is 25.8. The number of aryl methyl sites for hydroxylation is 1. The van der Waals surface area contributed by atoms with E-state index in [2.05, 4.69) is 21.2 Å². The highest BCUT2D eigenvalue weighted by molar-refractivity contribution is 9.10. The van der Waals surface area contributed by atoms with Gasteiger partial charge in [-0.05, 0) is 77.3 Å². The van der Waals surface area contributed by atoms with Crippen molar-refractivity contribution in [1.29, 1.82) is 0 Å². The summed E-state index contributed by atoms with van der Waals surface area (Å²) in [5.74, 6) is 0.801. The fraction of sp³-hybridized carbons (Fsp3) is 0.217. The van der Waals surface area contributed by atoms with Gasteiger partial charge in [0.05, 0.1) is 16.1 Å². The summed E-state index contributed by atoms with van der Waals surface area (Å²) in [6, 6.07) is 14.0. The van der Waals surface area contributed by atoms with E-state index in [0.717, 1.165) is 26.3 Å². The Balaban J connectivity index is 1.76. The molecule has 0 atom stereocenters. The minimum Gasteiger partial charge on any atom is -0.490 e. The monoisotopic (exact) mass is 511 g/mol. The van der Waals surface area contributed by atoms with Crippen molar-refractivity contribution in [2.24, 2.45) is 0 Å². The average molecular weight is 513 g/mol. The maximum Gasteiger partial charge on any atom is 0.175 e. The van der Waals surface area contributed by atoms with Gasteiger partial charge in [-0.3, -0.25) is 0 Å². The molecule has 0 unspecified atom stereocenters. The summed E-state index contributed by atoms with van der Waals surface area (Å²) in [5.41, 5.74) is 3.67. The lowest BCUT2D eigenvalue weighted by Gasteiger charge is -2.16. The van der Waals surface area contributed by atoms with Crippen LogP contribution in [-0.2, 0) is 13.2 Å². The number of benzene rings is 3. The van der Waals surface area contributed by atoms with Gasteiger partial charge in [-0.1, -0.05) is 35.3 Å². The van der Waals surface area contributed by atoms with E-state index in [1.54, 1.807) is 6.07 Å². The second-order valence-corrected chi connectivity index (χ2v) is 8.35. The molecule has 0 aromatic heterocycles. The topological polar surface area (TPSA) is 30.5 Å². The highest BCUT2D eigenvalue weighted by Gasteiger charge is 2.14. The first-order valence-electron chi connectivity index (χ1n) is 9.39. The van der Waals surface area contributed by atoms with E-state index in [1.165, 1.54) is 12.1 Å². The molecule has 7 heteroatoms. The SMILES string of the molecule is CCOc1cc(CNc2ccc(C)c(Cl)c2)cc(Br)c1OCc1ccc(F)cc1Cl. The molecule has 30 heavy (non-hydrogen) atoms. The summed E-state index contributed by atoms with van der Waals surface area (Å²) in [5, 5.41) is 4.40. The molecule has 0 saturated carbocycles. The Labute approximate surface area is 194 Å². The predicted octanol–water partition coefficient (Wildman–Crippen LogP) is 7.79. The van der Waals surface area contributed by atoms with Crippen LogP contribution >= 0.6 is 39.1 Å². The van der Waals surface area contributed by atoms with Crippen LogP contribution < -0.4 is 14.8 Å². The van der Waals surface area contributed by atoms with Crippen molar-refractivity contribution in [3.05, 3.63) is 85.6 Å². The summed E-state index contributed by atoms with van der Waals surface area (Å²) in [7, 11) is 0. The Morgan fingerprint density at radius 1 is 1.00 bits per heavy atom. The van der Waals surface area contributed by atoms with Gasteiger partial charge in [0, 0.05) is 22.8 Å². The first-order valence-corrected chi connectivity index (χ1v) is 10.9. The highest BCUT2D eigenvalue weighted by Crippen LogP contribution is 2.38. The van der Waals surface area contributed by atoms with Crippen LogP contribution in [0.4, 0.5) is 10.1 Å². The molecule has 3 aromatic rings. The van der Waals surface area contributed by atoms with E-state index in [1.807, 2.05) is 44.2 Å².